The average molecular weight is 193 g/mol. The van der Waals surface area contributed by atoms with E-state index in [1.54, 1.807) is 7.11 Å². The van der Waals surface area contributed by atoms with Gasteiger partial charge in [-0.05, 0) is 30.0 Å². The van der Waals surface area contributed by atoms with Gasteiger partial charge in [-0.3, -0.25) is 0 Å². The Balaban J connectivity index is 2.96. The van der Waals surface area contributed by atoms with Gasteiger partial charge in [-0.1, -0.05) is 26.0 Å². The third kappa shape index (κ3) is 2.26. The molecule has 0 bridgehead atoms. The van der Waals surface area contributed by atoms with Gasteiger partial charge >= 0.3 is 0 Å². The van der Waals surface area contributed by atoms with Gasteiger partial charge in [0.15, 0.2) is 0 Å². The van der Waals surface area contributed by atoms with E-state index in [2.05, 4.69) is 19.9 Å². The highest BCUT2D eigenvalue weighted by molar-refractivity contribution is 5.37. The van der Waals surface area contributed by atoms with Crippen LogP contribution in [0.5, 0.6) is 5.75 Å². The van der Waals surface area contributed by atoms with E-state index in [-0.39, 0.29) is 6.04 Å². The number of aryl methyl sites for hydroxylation is 1. The number of hydrogen-bond acceptors (Lipinski definition) is 2. The monoisotopic (exact) mass is 193 g/mol. The highest BCUT2D eigenvalue weighted by atomic mass is 16.5. The molecule has 0 aromatic heterocycles. The molecule has 0 spiro atoms. The molecule has 2 N–H and O–H groups in total. The summed E-state index contributed by atoms with van der Waals surface area (Å²) >= 11 is 0. The third-order valence-corrected chi connectivity index (χ3v) is 2.52. The lowest BCUT2D eigenvalue weighted by Gasteiger charge is -2.17. The van der Waals surface area contributed by atoms with Crippen molar-refractivity contribution in [3.05, 3.63) is 29.3 Å². The molecule has 78 valence electrons. The van der Waals surface area contributed by atoms with E-state index < -0.39 is 0 Å². The van der Waals surface area contributed by atoms with Crippen molar-refractivity contribution in [1.29, 1.82) is 0 Å². The first kappa shape index (κ1) is 11.1. The van der Waals surface area contributed by atoms with E-state index >= 15 is 0 Å². The fraction of sp³-hybridized carbons (Fsp3) is 0.500. The van der Waals surface area contributed by atoms with Crippen LogP contribution >= 0.6 is 0 Å². The predicted octanol–water partition coefficient (Wildman–Crippen LogP) is 2.66. The number of ether oxygens (including phenoxy) is 1. The Morgan fingerprint density at radius 2 is 1.93 bits per heavy atom. The van der Waals surface area contributed by atoms with E-state index in [0.29, 0.717) is 5.92 Å². The molecule has 2 heteroatoms. The number of benzene rings is 1. The van der Waals surface area contributed by atoms with Gasteiger partial charge in [0.05, 0.1) is 7.11 Å². The van der Waals surface area contributed by atoms with Gasteiger partial charge in [0.25, 0.3) is 0 Å². The molecule has 0 saturated carbocycles. The highest BCUT2D eigenvalue weighted by Crippen LogP contribution is 2.24. The molecule has 1 aromatic rings. The van der Waals surface area contributed by atoms with Gasteiger partial charge in [0, 0.05) is 6.04 Å². The largest absolute Gasteiger partial charge is 0.496 e. The molecule has 1 aromatic carbocycles. The minimum absolute atomic E-state index is 0.111. The van der Waals surface area contributed by atoms with Crippen LogP contribution in [-0.2, 0) is 0 Å². The molecular weight excluding hydrogens is 174 g/mol. The second kappa shape index (κ2) is 4.47. The summed E-state index contributed by atoms with van der Waals surface area (Å²) in [4.78, 5) is 0. The van der Waals surface area contributed by atoms with Crippen molar-refractivity contribution >= 4 is 0 Å². The lowest BCUT2D eigenvalue weighted by Crippen LogP contribution is -2.16. The molecule has 0 amide bonds. The van der Waals surface area contributed by atoms with E-state index in [9.17, 15) is 0 Å². The summed E-state index contributed by atoms with van der Waals surface area (Å²) in [6.45, 7) is 6.30. The molecular formula is C12H19NO. The Hall–Kier alpha value is -1.02. The van der Waals surface area contributed by atoms with Crippen LogP contribution in [0.25, 0.3) is 0 Å². The molecule has 0 saturated heterocycles. The van der Waals surface area contributed by atoms with Crippen molar-refractivity contribution in [2.45, 2.75) is 26.8 Å². The molecule has 0 radical (unpaired) electrons. The Bertz CT molecular complexity index is 307. The summed E-state index contributed by atoms with van der Waals surface area (Å²) < 4.78 is 5.20. The highest BCUT2D eigenvalue weighted by Gasteiger charge is 2.11. The second-order valence-corrected chi connectivity index (χ2v) is 4.00. The Morgan fingerprint density at radius 1 is 1.29 bits per heavy atom. The molecule has 0 aliphatic carbocycles. The summed E-state index contributed by atoms with van der Waals surface area (Å²) in [5, 5.41) is 0. The van der Waals surface area contributed by atoms with Crippen molar-refractivity contribution in [2.75, 3.05) is 7.11 Å². The van der Waals surface area contributed by atoms with E-state index in [1.165, 1.54) is 5.56 Å². The van der Waals surface area contributed by atoms with Crippen LogP contribution in [-0.4, -0.2) is 7.11 Å². The van der Waals surface area contributed by atoms with Gasteiger partial charge < -0.3 is 10.5 Å². The topological polar surface area (TPSA) is 35.2 Å². The summed E-state index contributed by atoms with van der Waals surface area (Å²) in [5.41, 5.74) is 8.38. The lowest BCUT2D eigenvalue weighted by atomic mass is 9.96. The van der Waals surface area contributed by atoms with Crippen molar-refractivity contribution in [3.63, 3.8) is 0 Å². The van der Waals surface area contributed by atoms with E-state index in [1.807, 2.05) is 19.1 Å². The maximum Gasteiger partial charge on any atom is 0.121 e. The van der Waals surface area contributed by atoms with Crippen molar-refractivity contribution in [2.24, 2.45) is 11.7 Å². The van der Waals surface area contributed by atoms with Crippen LogP contribution < -0.4 is 10.5 Å². The minimum Gasteiger partial charge on any atom is -0.496 e. The van der Waals surface area contributed by atoms with Gasteiger partial charge in [-0.2, -0.15) is 0 Å². The fourth-order valence-corrected chi connectivity index (χ4v) is 1.49. The van der Waals surface area contributed by atoms with Crippen LogP contribution in [0.1, 0.15) is 31.0 Å². The van der Waals surface area contributed by atoms with Crippen LogP contribution in [0.4, 0.5) is 0 Å². The van der Waals surface area contributed by atoms with Gasteiger partial charge in [0.2, 0.25) is 0 Å². The SMILES string of the molecule is COc1ccc([C@@H](N)C(C)C)cc1C. The molecule has 14 heavy (non-hydrogen) atoms. The van der Waals surface area contributed by atoms with Crippen LogP contribution in [0, 0.1) is 12.8 Å². The quantitative estimate of drug-likeness (QED) is 0.801. The summed E-state index contributed by atoms with van der Waals surface area (Å²) in [6.07, 6.45) is 0. The molecule has 0 aliphatic heterocycles. The van der Waals surface area contributed by atoms with Crippen molar-refractivity contribution in [1.82, 2.24) is 0 Å². The maximum atomic E-state index is 6.06. The fourth-order valence-electron chi connectivity index (χ4n) is 1.49. The molecule has 0 aliphatic rings. The molecule has 1 rings (SSSR count). The van der Waals surface area contributed by atoms with Crippen LogP contribution in [0.3, 0.4) is 0 Å². The smallest absolute Gasteiger partial charge is 0.121 e. The maximum absolute atomic E-state index is 6.06. The predicted molar refractivity (Wildman–Crippen MR) is 59.5 cm³/mol. The third-order valence-electron chi connectivity index (χ3n) is 2.52. The average Bonchev–Trinajstić information content (AvgIpc) is 2.16. The summed E-state index contributed by atoms with van der Waals surface area (Å²) in [7, 11) is 1.68. The number of rotatable bonds is 3. The summed E-state index contributed by atoms with van der Waals surface area (Å²) in [5.74, 6) is 1.38. The van der Waals surface area contributed by atoms with Gasteiger partial charge in [-0.15, -0.1) is 0 Å². The standard InChI is InChI=1S/C12H19NO/c1-8(2)12(13)10-5-6-11(14-4)9(3)7-10/h5-8,12H,13H2,1-4H3/t12-/m0/s1. The molecule has 2 nitrogen and oxygen atoms in total. The second-order valence-electron chi connectivity index (χ2n) is 4.00. The molecule has 0 heterocycles. The normalized spacial score (nSPS) is 13.0. The number of methoxy groups -OCH3 is 1. The number of nitrogens with two attached hydrogens (primary N) is 1. The first-order valence-electron chi connectivity index (χ1n) is 4.96. The van der Waals surface area contributed by atoms with E-state index in [4.69, 9.17) is 10.5 Å². The van der Waals surface area contributed by atoms with Crippen molar-refractivity contribution < 1.29 is 4.74 Å². The van der Waals surface area contributed by atoms with Crippen molar-refractivity contribution in [3.8, 4) is 5.75 Å². The first-order valence-corrected chi connectivity index (χ1v) is 4.96. The first-order chi connectivity index (χ1) is 6.56. The molecule has 1 atom stereocenters. The van der Waals surface area contributed by atoms with Gasteiger partial charge in [0.1, 0.15) is 5.75 Å². The minimum atomic E-state index is 0.111. The Labute approximate surface area is 86.1 Å². The zero-order chi connectivity index (χ0) is 10.7. The van der Waals surface area contributed by atoms with Crippen LogP contribution in [0.15, 0.2) is 18.2 Å². The summed E-state index contributed by atoms with van der Waals surface area (Å²) in [6, 6.07) is 6.23. The molecule has 0 unspecified atom stereocenters. The Morgan fingerprint density at radius 3 is 2.36 bits per heavy atom. The lowest BCUT2D eigenvalue weighted by molar-refractivity contribution is 0.411. The van der Waals surface area contributed by atoms with Crippen LogP contribution in [0.2, 0.25) is 0 Å². The van der Waals surface area contributed by atoms with Gasteiger partial charge in [-0.25, -0.2) is 0 Å². The van der Waals surface area contributed by atoms with E-state index in [0.717, 1.165) is 11.3 Å². The number of hydrogen-bond donors (Lipinski definition) is 1. The molecule has 0 fully saturated rings. The zero-order valence-electron chi connectivity index (χ0n) is 9.37. The zero-order valence-corrected chi connectivity index (χ0v) is 9.37. The Kier molecular flexibility index (Phi) is 3.53.